The van der Waals surface area contributed by atoms with Crippen LogP contribution in [0.2, 0.25) is 0 Å². The lowest BCUT2D eigenvalue weighted by molar-refractivity contribution is 0.234. The van der Waals surface area contributed by atoms with Crippen LogP contribution in [0.25, 0.3) is 11.0 Å². The molecule has 1 aromatic heterocycles. The van der Waals surface area contributed by atoms with Crippen LogP contribution in [0, 0.1) is 0 Å². The smallest absolute Gasteiger partial charge is 0.315 e. The largest absolute Gasteiger partial charge is 0.340 e. The van der Waals surface area contributed by atoms with E-state index >= 15 is 0 Å². The number of aryl methyl sites for hydroxylation is 2. The van der Waals surface area contributed by atoms with Gasteiger partial charge in [0.25, 0.3) is 0 Å². The average molecular weight is 362 g/mol. The van der Waals surface area contributed by atoms with Gasteiger partial charge in [0.15, 0.2) is 0 Å². The van der Waals surface area contributed by atoms with Crippen molar-refractivity contribution in [3.8, 4) is 0 Å². The van der Waals surface area contributed by atoms with Crippen LogP contribution >= 0.6 is 0 Å². The third-order valence-corrected chi connectivity index (χ3v) is 5.39. The van der Waals surface area contributed by atoms with Crippen molar-refractivity contribution in [2.24, 2.45) is 0 Å². The monoisotopic (exact) mass is 362 g/mol. The van der Waals surface area contributed by atoms with E-state index in [1.807, 2.05) is 38.1 Å². The molecule has 1 aliphatic carbocycles. The summed E-state index contributed by atoms with van der Waals surface area (Å²) in [6.07, 6.45) is 4.86. The highest BCUT2D eigenvalue weighted by atomic mass is 16.2. The van der Waals surface area contributed by atoms with E-state index in [2.05, 4.69) is 38.8 Å². The molecule has 1 heterocycles. The van der Waals surface area contributed by atoms with Crippen molar-refractivity contribution in [1.82, 2.24) is 20.6 Å². The normalized spacial score (nSPS) is 15.8. The van der Waals surface area contributed by atoms with Crippen molar-refractivity contribution >= 4 is 17.1 Å². The molecule has 4 rings (SSSR count). The number of carbonyl (C=O) groups is 1. The molecule has 0 spiro atoms. The number of hydrogen-bond acceptors (Lipinski definition) is 2. The first kappa shape index (κ1) is 17.6. The highest BCUT2D eigenvalue weighted by molar-refractivity contribution is 5.76. The van der Waals surface area contributed by atoms with E-state index in [4.69, 9.17) is 0 Å². The molecule has 140 valence electrons. The van der Waals surface area contributed by atoms with Gasteiger partial charge < -0.3 is 15.6 Å². The van der Waals surface area contributed by atoms with Gasteiger partial charge in [-0.1, -0.05) is 30.3 Å². The molecule has 5 heteroatoms. The Morgan fingerprint density at radius 2 is 1.74 bits per heavy atom. The first-order chi connectivity index (χ1) is 13.1. The van der Waals surface area contributed by atoms with Gasteiger partial charge in [0, 0.05) is 0 Å². The summed E-state index contributed by atoms with van der Waals surface area (Å²) in [6, 6.07) is 14.0. The molecule has 2 atom stereocenters. The fourth-order valence-corrected chi connectivity index (χ4v) is 3.79. The Morgan fingerprint density at radius 3 is 2.56 bits per heavy atom. The number of urea groups is 1. The predicted molar refractivity (Wildman–Crippen MR) is 108 cm³/mol. The summed E-state index contributed by atoms with van der Waals surface area (Å²) in [5, 5.41) is 6.02. The summed E-state index contributed by atoms with van der Waals surface area (Å²) in [5.74, 6) is 0.757. The van der Waals surface area contributed by atoms with Crippen molar-refractivity contribution in [3.63, 3.8) is 0 Å². The number of amides is 2. The van der Waals surface area contributed by atoms with E-state index in [-0.39, 0.29) is 18.1 Å². The van der Waals surface area contributed by atoms with Crippen LogP contribution in [0.5, 0.6) is 0 Å². The number of aromatic nitrogens is 2. The van der Waals surface area contributed by atoms with Gasteiger partial charge in [0.05, 0.1) is 23.1 Å². The van der Waals surface area contributed by atoms with Gasteiger partial charge in [-0.25, -0.2) is 9.78 Å². The summed E-state index contributed by atoms with van der Waals surface area (Å²) in [6.45, 7) is 3.96. The van der Waals surface area contributed by atoms with Crippen LogP contribution in [0.4, 0.5) is 4.79 Å². The van der Waals surface area contributed by atoms with Gasteiger partial charge in [0.1, 0.15) is 5.82 Å². The number of benzene rings is 2. The third-order valence-electron chi connectivity index (χ3n) is 5.39. The van der Waals surface area contributed by atoms with E-state index in [0.29, 0.717) is 0 Å². The summed E-state index contributed by atoms with van der Waals surface area (Å²) < 4.78 is 0. The maximum absolute atomic E-state index is 12.5. The third kappa shape index (κ3) is 3.82. The van der Waals surface area contributed by atoms with Gasteiger partial charge in [0.2, 0.25) is 0 Å². The van der Waals surface area contributed by atoms with Crippen molar-refractivity contribution in [2.45, 2.75) is 51.6 Å². The quantitative estimate of drug-likeness (QED) is 0.636. The zero-order chi connectivity index (χ0) is 18.8. The molecular formula is C22H26N4O. The molecule has 2 aromatic carbocycles. The van der Waals surface area contributed by atoms with Gasteiger partial charge in [-0.05, 0) is 68.4 Å². The summed E-state index contributed by atoms with van der Waals surface area (Å²) in [5.41, 5.74) is 5.93. The second kappa shape index (κ2) is 7.43. The van der Waals surface area contributed by atoms with Gasteiger partial charge >= 0.3 is 6.03 Å². The number of para-hydroxylation sites is 2. The lowest BCUT2D eigenvalue weighted by Gasteiger charge is -2.21. The standard InChI is InChI=1S/C22H26N4O/c1-14(17-12-11-16-7-3-4-8-18(16)13-17)23-22(27)24-15(2)21-25-19-9-5-6-10-20(19)26-21/h5-6,9-15H,3-4,7-8H2,1-2H3,(H,25,26)(H2,23,24,27). The molecule has 0 saturated carbocycles. The maximum atomic E-state index is 12.5. The molecular weight excluding hydrogens is 336 g/mol. The topological polar surface area (TPSA) is 69.8 Å². The number of aromatic amines is 1. The molecule has 0 bridgehead atoms. The molecule has 2 unspecified atom stereocenters. The second-order valence-electron chi connectivity index (χ2n) is 7.44. The lowest BCUT2D eigenvalue weighted by Crippen LogP contribution is -2.38. The second-order valence-corrected chi connectivity index (χ2v) is 7.44. The first-order valence-electron chi connectivity index (χ1n) is 9.73. The van der Waals surface area contributed by atoms with E-state index < -0.39 is 0 Å². The zero-order valence-electron chi connectivity index (χ0n) is 15.9. The number of nitrogens with zero attached hydrogens (tertiary/aromatic N) is 1. The highest BCUT2D eigenvalue weighted by Gasteiger charge is 2.17. The van der Waals surface area contributed by atoms with Crippen LogP contribution in [-0.2, 0) is 12.8 Å². The van der Waals surface area contributed by atoms with Crippen LogP contribution in [-0.4, -0.2) is 16.0 Å². The van der Waals surface area contributed by atoms with Gasteiger partial charge in [-0.3, -0.25) is 0 Å². The summed E-state index contributed by atoms with van der Waals surface area (Å²) >= 11 is 0. The average Bonchev–Trinajstić information content (AvgIpc) is 3.12. The number of hydrogen-bond donors (Lipinski definition) is 3. The summed E-state index contributed by atoms with van der Waals surface area (Å²) in [4.78, 5) is 20.3. The van der Waals surface area contributed by atoms with Crippen LogP contribution in [0.3, 0.4) is 0 Å². The Balaban J connectivity index is 1.39. The molecule has 0 fully saturated rings. The number of imidazole rings is 1. The van der Waals surface area contributed by atoms with E-state index in [1.54, 1.807) is 0 Å². The molecule has 27 heavy (non-hydrogen) atoms. The number of carbonyl (C=O) groups excluding carboxylic acids is 1. The van der Waals surface area contributed by atoms with Crippen molar-refractivity contribution < 1.29 is 4.79 Å². The van der Waals surface area contributed by atoms with Crippen molar-refractivity contribution in [3.05, 3.63) is 65.0 Å². The minimum atomic E-state index is -0.201. The summed E-state index contributed by atoms with van der Waals surface area (Å²) in [7, 11) is 0. The fourth-order valence-electron chi connectivity index (χ4n) is 3.79. The Labute approximate surface area is 159 Å². The minimum Gasteiger partial charge on any atom is -0.340 e. The van der Waals surface area contributed by atoms with Crippen molar-refractivity contribution in [1.29, 1.82) is 0 Å². The minimum absolute atomic E-state index is 0.0416. The number of fused-ring (bicyclic) bond motifs is 2. The van der Waals surface area contributed by atoms with Crippen LogP contribution in [0.15, 0.2) is 42.5 Å². The molecule has 0 radical (unpaired) electrons. The molecule has 0 aliphatic heterocycles. The Morgan fingerprint density at radius 1 is 1.00 bits per heavy atom. The zero-order valence-corrected chi connectivity index (χ0v) is 15.9. The van der Waals surface area contributed by atoms with E-state index in [9.17, 15) is 4.79 Å². The number of rotatable bonds is 4. The van der Waals surface area contributed by atoms with Gasteiger partial charge in [-0.2, -0.15) is 0 Å². The molecule has 2 amide bonds. The number of H-pyrrole nitrogens is 1. The fraction of sp³-hybridized carbons (Fsp3) is 0.364. The predicted octanol–water partition coefficient (Wildman–Crippen LogP) is 4.56. The molecule has 5 nitrogen and oxygen atoms in total. The van der Waals surface area contributed by atoms with E-state index in [1.165, 1.54) is 30.4 Å². The Hall–Kier alpha value is -2.82. The lowest BCUT2D eigenvalue weighted by atomic mass is 9.89. The van der Waals surface area contributed by atoms with Gasteiger partial charge in [-0.15, -0.1) is 0 Å². The van der Waals surface area contributed by atoms with Crippen LogP contribution in [0.1, 0.15) is 61.3 Å². The molecule has 0 saturated heterocycles. The van der Waals surface area contributed by atoms with E-state index in [0.717, 1.165) is 28.8 Å². The number of nitrogens with one attached hydrogen (secondary N) is 3. The molecule has 1 aliphatic rings. The first-order valence-corrected chi connectivity index (χ1v) is 9.73. The Kier molecular flexibility index (Phi) is 4.84. The SMILES string of the molecule is CC(NC(=O)NC(C)c1nc2ccccc2[nH]1)c1ccc2c(c1)CCCC2. The van der Waals surface area contributed by atoms with Crippen molar-refractivity contribution in [2.75, 3.05) is 0 Å². The highest BCUT2D eigenvalue weighted by Crippen LogP contribution is 2.25. The maximum Gasteiger partial charge on any atom is 0.315 e. The molecule has 3 aromatic rings. The molecule has 3 N–H and O–H groups in total. The Bertz CT molecular complexity index is 929. The van der Waals surface area contributed by atoms with Crippen LogP contribution < -0.4 is 10.6 Å².